The SMILES string of the molecule is CCCNCc1oc(CN2CCCN(C)CC2)cc1C. The van der Waals surface area contributed by atoms with Crippen molar-refractivity contribution in [2.75, 3.05) is 39.8 Å². The Morgan fingerprint density at radius 2 is 2.10 bits per heavy atom. The van der Waals surface area contributed by atoms with E-state index in [1.165, 1.54) is 25.1 Å². The van der Waals surface area contributed by atoms with Crippen molar-refractivity contribution in [2.24, 2.45) is 0 Å². The summed E-state index contributed by atoms with van der Waals surface area (Å²) in [6.45, 7) is 11.9. The molecule has 1 aromatic rings. The van der Waals surface area contributed by atoms with Crippen molar-refractivity contribution in [2.45, 2.75) is 39.8 Å². The zero-order chi connectivity index (χ0) is 14.4. The average molecular weight is 279 g/mol. The van der Waals surface area contributed by atoms with Gasteiger partial charge in [-0.15, -0.1) is 0 Å². The Morgan fingerprint density at radius 3 is 2.90 bits per heavy atom. The van der Waals surface area contributed by atoms with Gasteiger partial charge in [-0.05, 0) is 58.1 Å². The van der Waals surface area contributed by atoms with Crippen LogP contribution in [0.4, 0.5) is 0 Å². The van der Waals surface area contributed by atoms with Crippen LogP contribution in [-0.4, -0.2) is 49.6 Å². The molecular formula is C16H29N3O. The Kier molecular flexibility index (Phi) is 6.07. The van der Waals surface area contributed by atoms with Gasteiger partial charge in [-0.3, -0.25) is 4.90 Å². The van der Waals surface area contributed by atoms with E-state index in [2.05, 4.69) is 42.1 Å². The van der Waals surface area contributed by atoms with E-state index in [0.29, 0.717) is 0 Å². The summed E-state index contributed by atoms with van der Waals surface area (Å²) in [4.78, 5) is 4.92. The molecule has 0 aliphatic carbocycles. The van der Waals surface area contributed by atoms with Gasteiger partial charge in [-0.1, -0.05) is 6.92 Å². The molecule has 4 heteroatoms. The monoisotopic (exact) mass is 279 g/mol. The number of nitrogens with one attached hydrogen (secondary N) is 1. The molecule has 1 saturated heterocycles. The van der Waals surface area contributed by atoms with Gasteiger partial charge in [0.25, 0.3) is 0 Å². The second-order valence-corrected chi connectivity index (χ2v) is 5.93. The van der Waals surface area contributed by atoms with Crippen LogP contribution >= 0.6 is 0 Å². The summed E-state index contributed by atoms with van der Waals surface area (Å²) in [6.07, 6.45) is 2.41. The normalized spacial score (nSPS) is 18.4. The molecule has 0 saturated carbocycles. The lowest BCUT2D eigenvalue weighted by Gasteiger charge is -2.18. The van der Waals surface area contributed by atoms with Crippen LogP contribution in [0.25, 0.3) is 0 Å². The van der Waals surface area contributed by atoms with Gasteiger partial charge in [0.05, 0.1) is 13.1 Å². The van der Waals surface area contributed by atoms with Crippen LogP contribution in [-0.2, 0) is 13.1 Å². The summed E-state index contributed by atoms with van der Waals surface area (Å²) in [5, 5.41) is 3.41. The Balaban J connectivity index is 1.87. The highest BCUT2D eigenvalue weighted by atomic mass is 16.3. The molecule has 1 aromatic heterocycles. The van der Waals surface area contributed by atoms with Crippen molar-refractivity contribution < 1.29 is 4.42 Å². The third-order valence-corrected chi connectivity index (χ3v) is 3.98. The number of hydrogen-bond acceptors (Lipinski definition) is 4. The molecule has 0 amide bonds. The topological polar surface area (TPSA) is 31.7 Å². The van der Waals surface area contributed by atoms with Crippen LogP contribution in [0.2, 0.25) is 0 Å². The second-order valence-electron chi connectivity index (χ2n) is 5.93. The van der Waals surface area contributed by atoms with Gasteiger partial charge < -0.3 is 14.6 Å². The maximum atomic E-state index is 6.01. The molecule has 1 aliphatic heterocycles. The summed E-state index contributed by atoms with van der Waals surface area (Å²) in [6, 6.07) is 2.21. The molecule has 2 heterocycles. The van der Waals surface area contributed by atoms with Crippen LogP contribution in [0.5, 0.6) is 0 Å². The number of likely N-dealkylation sites (N-methyl/N-ethyl adjacent to an activating group) is 1. The summed E-state index contributed by atoms with van der Waals surface area (Å²) < 4.78 is 6.01. The lowest BCUT2D eigenvalue weighted by molar-refractivity contribution is 0.246. The maximum Gasteiger partial charge on any atom is 0.120 e. The molecule has 1 N–H and O–H groups in total. The largest absolute Gasteiger partial charge is 0.463 e. The molecule has 4 nitrogen and oxygen atoms in total. The molecular weight excluding hydrogens is 250 g/mol. The zero-order valence-electron chi connectivity index (χ0n) is 13.2. The molecule has 1 fully saturated rings. The molecule has 0 bridgehead atoms. The van der Waals surface area contributed by atoms with Crippen molar-refractivity contribution >= 4 is 0 Å². The molecule has 20 heavy (non-hydrogen) atoms. The zero-order valence-corrected chi connectivity index (χ0v) is 13.2. The van der Waals surface area contributed by atoms with Crippen molar-refractivity contribution in [3.8, 4) is 0 Å². The van der Waals surface area contributed by atoms with Crippen LogP contribution in [0.15, 0.2) is 10.5 Å². The number of hydrogen-bond donors (Lipinski definition) is 1. The van der Waals surface area contributed by atoms with Crippen LogP contribution in [0.1, 0.15) is 36.8 Å². The lowest BCUT2D eigenvalue weighted by Crippen LogP contribution is -2.28. The van der Waals surface area contributed by atoms with Gasteiger partial charge in [-0.2, -0.15) is 0 Å². The minimum atomic E-state index is 0.850. The van der Waals surface area contributed by atoms with Crippen LogP contribution < -0.4 is 5.32 Å². The minimum Gasteiger partial charge on any atom is -0.463 e. The Morgan fingerprint density at radius 1 is 1.25 bits per heavy atom. The van der Waals surface area contributed by atoms with Gasteiger partial charge in [0.2, 0.25) is 0 Å². The summed E-state index contributed by atoms with van der Waals surface area (Å²) in [5.74, 6) is 2.21. The van der Waals surface area contributed by atoms with E-state index in [9.17, 15) is 0 Å². The van der Waals surface area contributed by atoms with Gasteiger partial charge in [0.1, 0.15) is 11.5 Å². The number of furan rings is 1. The minimum absolute atomic E-state index is 0.850. The number of rotatable bonds is 6. The van der Waals surface area contributed by atoms with E-state index in [-0.39, 0.29) is 0 Å². The first-order valence-corrected chi connectivity index (χ1v) is 7.89. The highest BCUT2D eigenvalue weighted by Gasteiger charge is 2.15. The van der Waals surface area contributed by atoms with E-state index in [4.69, 9.17) is 4.42 Å². The van der Waals surface area contributed by atoms with Crippen molar-refractivity contribution in [1.29, 1.82) is 0 Å². The fraction of sp³-hybridized carbons (Fsp3) is 0.750. The molecule has 114 valence electrons. The van der Waals surface area contributed by atoms with E-state index in [1.54, 1.807) is 0 Å². The van der Waals surface area contributed by atoms with Crippen molar-refractivity contribution in [3.63, 3.8) is 0 Å². The highest BCUT2D eigenvalue weighted by Crippen LogP contribution is 2.17. The quantitative estimate of drug-likeness (QED) is 0.809. The Hall–Kier alpha value is -0.840. The second kappa shape index (κ2) is 7.81. The van der Waals surface area contributed by atoms with Gasteiger partial charge in [0.15, 0.2) is 0 Å². The first kappa shape index (κ1) is 15.5. The predicted octanol–water partition coefficient (Wildman–Crippen LogP) is 2.23. The fourth-order valence-electron chi connectivity index (χ4n) is 2.70. The molecule has 0 spiro atoms. The molecule has 2 rings (SSSR count). The van der Waals surface area contributed by atoms with Crippen molar-refractivity contribution in [3.05, 3.63) is 23.2 Å². The first-order valence-electron chi connectivity index (χ1n) is 7.89. The third-order valence-electron chi connectivity index (χ3n) is 3.98. The molecule has 0 aromatic carbocycles. The smallest absolute Gasteiger partial charge is 0.120 e. The van der Waals surface area contributed by atoms with E-state index in [0.717, 1.165) is 50.7 Å². The Labute approximate surface area is 123 Å². The Bertz CT molecular complexity index is 402. The van der Waals surface area contributed by atoms with Crippen molar-refractivity contribution in [1.82, 2.24) is 15.1 Å². The van der Waals surface area contributed by atoms with Crippen LogP contribution in [0.3, 0.4) is 0 Å². The first-order chi connectivity index (χ1) is 9.69. The van der Waals surface area contributed by atoms with Gasteiger partial charge in [0, 0.05) is 13.1 Å². The molecule has 0 atom stereocenters. The molecule has 1 aliphatic rings. The number of nitrogens with zero attached hydrogens (tertiary/aromatic N) is 2. The molecule has 0 unspecified atom stereocenters. The lowest BCUT2D eigenvalue weighted by atomic mass is 10.2. The summed E-state index contributed by atoms with van der Waals surface area (Å²) in [7, 11) is 2.21. The standard InChI is InChI=1S/C16H29N3O/c1-4-6-17-12-16-14(2)11-15(20-16)13-19-8-5-7-18(3)9-10-19/h11,17H,4-10,12-13H2,1-3H3. The van der Waals surface area contributed by atoms with Crippen LogP contribution in [0, 0.1) is 6.92 Å². The van der Waals surface area contributed by atoms with Gasteiger partial charge >= 0.3 is 0 Å². The van der Waals surface area contributed by atoms with E-state index >= 15 is 0 Å². The molecule has 0 radical (unpaired) electrons. The number of aryl methyl sites for hydroxylation is 1. The maximum absolute atomic E-state index is 6.01. The fourth-order valence-corrected chi connectivity index (χ4v) is 2.70. The predicted molar refractivity (Wildman–Crippen MR) is 82.8 cm³/mol. The van der Waals surface area contributed by atoms with E-state index in [1.807, 2.05) is 0 Å². The van der Waals surface area contributed by atoms with Gasteiger partial charge in [-0.25, -0.2) is 0 Å². The summed E-state index contributed by atoms with van der Waals surface area (Å²) in [5.41, 5.74) is 1.27. The highest BCUT2D eigenvalue weighted by molar-refractivity contribution is 5.20. The third kappa shape index (κ3) is 4.62. The average Bonchev–Trinajstić information content (AvgIpc) is 2.63. The summed E-state index contributed by atoms with van der Waals surface area (Å²) >= 11 is 0. The van der Waals surface area contributed by atoms with E-state index < -0.39 is 0 Å².